The van der Waals surface area contributed by atoms with E-state index in [4.69, 9.17) is 0 Å². The summed E-state index contributed by atoms with van der Waals surface area (Å²) in [6, 6.07) is 5.74. The van der Waals surface area contributed by atoms with Crippen molar-refractivity contribution in [3.63, 3.8) is 0 Å². The Morgan fingerprint density at radius 3 is 2.89 bits per heavy atom. The predicted octanol–water partition coefficient (Wildman–Crippen LogP) is 2.54. The first-order valence-corrected chi connectivity index (χ1v) is 6.65. The molecule has 0 unspecified atom stereocenters. The lowest BCUT2D eigenvalue weighted by Crippen LogP contribution is -1.99. The van der Waals surface area contributed by atoms with Crippen molar-refractivity contribution < 1.29 is 4.79 Å². The second-order valence-electron chi connectivity index (χ2n) is 3.92. The third kappa shape index (κ3) is 3.37. The highest BCUT2D eigenvalue weighted by Crippen LogP contribution is 2.12. The Bertz CT molecular complexity index is 640. The summed E-state index contributed by atoms with van der Waals surface area (Å²) in [5.74, 6) is 0.801. The van der Waals surface area contributed by atoms with Gasteiger partial charge in [0.25, 0.3) is 0 Å². The van der Waals surface area contributed by atoms with Gasteiger partial charge in [-0.1, -0.05) is 30.0 Å². The fraction of sp³-hybridized carbons (Fsp3) is 0.231. The number of thioether (sulfide) groups is 1. The van der Waals surface area contributed by atoms with Crippen molar-refractivity contribution in [2.45, 2.75) is 13.3 Å². The Balaban J connectivity index is 2.00. The molecule has 18 heavy (non-hydrogen) atoms. The molecule has 0 fully saturated rings. The molecule has 1 heterocycles. The lowest BCUT2D eigenvalue weighted by atomic mass is 10.2. The molecule has 0 aliphatic carbocycles. The first-order chi connectivity index (χ1) is 8.65. The minimum absolute atomic E-state index is 0.148. The van der Waals surface area contributed by atoms with E-state index < -0.39 is 0 Å². The molecule has 0 bridgehead atoms. The van der Waals surface area contributed by atoms with Gasteiger partial charge in [0, 0.05) is 12.7 Å². The van der Waals surface area contributed by atoms with Crippen molar-refractivity contribution in [3.8, 4) is 0 Å². The average molecular weight is 262 g/mol. The molecule has 1 aromatic carbocycles. The van der Waals surface area contributed by atoms with E-state index in [1.54, 1.807) is 6.92 Å². The van der Waals surface area contributed by atoms with Gasteiger partial charge in [-0.15, -0.1) is 0 Å². The van der Waals surface area contributed by atoms with Crippen LogP contribution in [-0.2, 0) is 4.79 Å². The third-order valence-electron chi connectivity index (χ3n) is 2.44. The quantitative estimate of drug-likeness (QED) is 0.832. The van der Waals surface area contributed by atoms with Gasteiger partial charge < -0.3 is 9.97 Å². The molecule has 94 valence electrons. The van der Waals surface area contributed by atoms with Crippen LogP contribution < -0.4 is 5.69 Å². The van der Waals surface area contributed by atoms with E-state index in [0.717, 1.165) is 28.8 Å². The summed E-state index contributed by atoms with van der Waals surface area (Å²) >= 11 is 1.33. The summed E-state index contributed by atoms with van der Waals surface area (Å²) in [5.41, 5.74) is 2.46. The number of H-pyrrole nitrogens is 2. The lowest BCUT2D eigenvalue weighted by molar-refractivity contribution is -0.109. The molecule has 2 N–H and O–H groups in total. The molecule has 5 heteroatoms. The van der Waals surface area contributed by atoms with Gasteiger partial charge in [-0.3, -0.25) is 4.79 Å². The zero-order valence-electron chi connectivity index (χ0n) is 10.0. The summed E-state index contributed by atoms with van der Waals surface area (Å²) in [4.78, 5) is 27.2. The van der Waals surface area contributed by atoms with E-state index in [1.165, 1.54) is 11.8 Å². The maximum atomic E-state index is 11.1. The predicted molar refractivity (Wildman–Crippen MR) is 75.7 cm³/mol. The molecule has 0 saturated heterocycles. The number of rotatable bonds is 4. The van der Waals surface area contributed by atoms with Crippen LogP contribution in [0.3, 0.4) is 0 Å². The van der Waals surface area contributed by atoms with Crippen molar-refractivity contribution in [1.29, 1.82) is 0 Å². The van der Waals surface area contributed by atoms with E-state index in [2.05, 4.69) is 9.97 Å². The average Bonchev–Trinajstić information content (AvgIpc) is 2.67. The van der Waals surface area contributed by atoms with E-state index in [1.807, 2.05) is 30.4 Å². The number of carbonyl (C=O) groups excluding carboxylic acids is 1. The lowest BCUT2D eigenvalue weighted by Gasteiger charge is -1.94. The van der Waals surface area contributed by atoms with Crippen LogP contribution >= 0.6 is 11.8 Å². The topological polar surface area (TPSA) is 65.7 Å². The number of hydrogen-bond acceptors (Lipinski definition) is 3. The van der Waals surface area contributed by atoms with Crippen LogP contribution in [0.5, 0.6) is 0 Å². The van der Waals surface area contributed by atoms with Crippen molar-refractivity contribution in [3.05, 3.63) is 40.3 Å². The highest BCUT2D eigenvalue weighted by Gasteiger charge is 1.97. The Labute approximate surface area is 108 Å². The van der Waals surface area contributed by atoms with Crippen molar-refractivity contribution in [2.24, 2.45) is 0 Å². The molecule has 0 amide bonds. The second kappa shape index (κ2) is 5.73. The Morgan fingerprint density at radius 2 is 2.11 bits per heavy atom. The summed E-state index contributed by atoms with van der Waals surface area (Å²) in [6.45, 7) is 1.57. The Hall–Kier alpha value is -1.75. The fourth-order valence-electron chi connectivity index (χ4n) is 1.64. The highest BCUT2D eigenvalue weighted by atomic mass is 32.2. The van der Waals surface area contributed by atoms with Gasteiger partial charge in [-0.2, -0.15) is 0 Å². The minimum Gasteiger partial charge on any atom is -0.306 e. The monoisotopic (exact) mass is 262 g/mol. The first-order valence-electron chi connectivity index (χ1n) is 5.67. The number of benzene rings is 1. The molecule has 0 aliphatic heterocycles. The minimum atomic E-state index is -0.191. The summed E-state index contributed by atoms with van der Waals surface area (Å²) < 4.78 is 0. The van der Waals surface area contributed by atoms with E-state index in [0.29, 0.717) is 0 Å². The molecule has 0 spiro atoms. The van der Waals surface area contributed by atoms with Gasteiger partial charge in [0.1, 0.15) is 0 Å². The third-order valence-corrected chi connectivity index (χ3v) is 3.29. The number of aromatic nitrogens is 2. The molecule has 0 radical (unpaired) electrons. The maximum absolute atomic E-state index is 11.1. The molecule has 0 atom stereocenters. The molecule has 4 nitrogen and oxygen atoms in total. The van der Waals surface area contributed by atoms with Crippen molar-refractivity contribution >= 4 is 34.0 Å². The van der Waals surface area contributed by atoms with Gasteiger partial charge in [-0.25, -0.2) is 4.79 Å². The van der Waals surface area contributed by atoms with E-state index >= 15 is 0 Å². The standard InChI is InChI=1S/C13H14N2O2S/c1-9(16)18-7-3-2-4-10-5-6-11-12(8-10)15-13(17)14-11/h2,4-6,8H,3,7H2,1H3,(H2,14,15,17). The van der Waals surface area contributed by atoms with Gasteiger partial charge in [0.2, 0.25) is 0 Å². The molecular weight excluding hydrogens is 248 g/mol. The van der Waals surface area contributed by atoms with Crippen LogP contribution in [0.15, 0.2) is 29.1 Å². The first kappa shape index (κ1) is 12.7. The van der Waals surface area contributed by atoms with Gasteiger partial charge in [-0.05, 0) is 24.1 Å². The van der Waals surface area contributed by atoms with Crippen molar-refractivity contribution in [1.82, 2.24) is 9.97 Å². The van der Waals surface area contributed by atoms with Crippen LogP contribution in [0.4, 0.5) is 0 Å². The highest BCUT2D eigenvalue weighted by molar-refractivity contribution is 8.13. The molecule has 0 saturated carbocycles. The molecule has 1 aromatic heterocycles. The van der Waals surface area contributed by atoms with E-state index in [9.17, 15) is 9.59 Å². The number of carbonyl (C=O) groups is 1. The number of aromatic amines is 2. The maximum Gasteiger partial charge on any atom is 0.323 e. The molecule has 2 rings (SSSR count). The number of allylic oxidation sites excluding steroid dienone is 1. The normalized spacial score (nSPS) is 11.4. The van der Waals surface area contributed by atoms with Crippen LogP contribution in [0.2, 0.25) is 0 Å². The number of imidazole rings is 1. The SMILES string of the molecule is CC(=O)SCCC=Cc1ccc2[nH]c(=O)[nH]c2c1. The second-order valence-corrected chi connectivity index (χ2v) is 5.19. The summed E-state index contributed by atoms with van der Waals surface area (Å²) in [7, 11) is 0. The fourth-order valence-corrected chi connectivity index (χ4v) is 2.19. The number of fused-ring (bicyclic) bond motifs is 1. The van der Waals surface area contributed by atoms with Gasteiger partial charge >= 0.3 is 5.69 Å². The summed E-state index contributed by atoms with van der Waals surface area (Å²) in [5, 5.41) is 0.148. The largest absolute Gasteiger partial charge is 0.323 e. The van der Waals surface area contributed by atoms with E-state index in [-0.39, 0.29) is 10.8 Å². The van der Waals surface area contributed by atoms with Gasteiger partial charge in [0.05, 0.1) is 11.0 Å². The Morgan fingerprint density at radius 1 is 1.33 bits per heavy atom. The van der Waals surface area contributed by atoms with Crippen LogP contribution in [0.1, 0.15) is 18.9 Å². The number of hydrogen-bond donors (Lipinski definition) is 2. The molecule has 0 aliphatic rings. The Kier molecular flexibility index (Phi) is 4.04. The zero-order chi connectivity index (χ0) is 13.0. The smallest absolute Gasteiger partial charge is 0.306 e. The van der Waals surface area contributed by atoms with Crippen molar-refractivity contribution in [2.75, 3.05) is 5.75 Å². The van der Waals surface area contributed by atoms with Crippen LogP contribution in [-0.4, -0.2) is 20.8 Å². The van der Waals surface area contributed by atoms with Crippen LogP contribution in [0, 0.1) is 0 Å². The van der Waals surface area contributed by atoms with Crippen LogP contribution in [0.25, 0.3) is 17.1 Å². The van der Waals surface area contributed by atoms with Gasteiger partial charge in [0.15, 0.2) is 5.12 Å². The number of nitrogens with one attached hydrogen (secondary N) is 2. The summed E-state index contributed by atoms with van der Waals surface area (Å²) in [6.07, 6.45) is 4.87. The zero-order valence-corrected chi connectivity index (χ0v) is 10.8. The molecular formula is C13H14N2O2S. The molecule has 2 aromatic rings.